The maximum absolute atomic E-state index is 13.4. The number of anilines is 3. The fourth-order valence-electron chi connectivity index (χ4n) is 5.12. The maximum atomic E-state index is 13.4. The van der Waals surface area contributed by atoms with Gasteiger partial charge in [0.1, 0.15) is 17.2 Å². The zero-order chi connectivity index (χ0) is 32.0. The molecule has 1 amide bonds. The first-order valence-electron chi connectivity index (χ1n) is 14.8. The number of hydrogen-bond acceptors (Lipinski definition) is 10. The number of carboxylic acids is 1. The van der Waals surface area contributed by atoms with E-state index in [1.165, 1.54) is 6.07 Å². The number of aromatic nitrogens is 4. The number of nitrogens with zero attached hydrogens (tertiary/aromatic N) is 7. The van der Waals surface area contributed by atoms with Gasteiger partial charge in [-0.1, -0.05) is 37.3 Å². The molecule has 0 radical (unpaired) electrons. The van der Waals surface area contributed by atoms with Crippen molar-refractivity contribution in [1.29, 1.82) is 0 Å². The number of carboxylic acid groups (broad SMARTS) is 1. The molecule has 2 aliphatic rings. The molecule has 45 heavy (non-hydrogen) atoms. The van der Waals surface area contributed by atoms with Crippen molar-refractivity contribution in [2.75, 3.05) is 60.6 Å². The Kier molecular flexibility index (Phi) is 9.96. The Morgan fingerprint density at radius 1 is 0.956 bits per heavy atom. The number of nitrogens with one attached hydrogen (secondary N) is 1. The van der Waals surface area contributed by atoms with Gasteiger partial charge >= 0.3 is 12.1 Å². The lowest BCUT2D eigenvalue weighted by molar-refractivity contribution is -0.142. The van der Waals surface area contributed by atoms with Gasteiger partial charge in [0, 0.05) is 51.5 Å². The fourth-order valence-corrected chi connectivity index (χ4v) is 5.12. The van der Waals surface area contributed by atoms with Crippen molar-refractivity contribution >= 4 is 29.6 Å². The topological polar surface area (TPSA) is 137 Å². The van der Waals surface area contributed by atoms with Gasteiger partial charge in [-0.05, 0) is 30.4 Å². The number of benzene rings is 1. The van der Waals surface area contributed by atoms with Gasteiger partial charge in [-0.2, -0.15) is 18.2 Å². The lowest BCUT2D eigenvalue weighted by Crippen LogP contribution is -2.48. The molecule has 12 nitrogen and oxygen atoms in total. The fraction of sp³-hybridized carbons (Fsp3) is 0.467. The molecule has 2 aromatic heterocycles. The first-order chi connectivity index (χ1) is 21.6. The lowest BCUT2D eigenvalue weighted by atomic mass is 10.00. The van der Waals surface area contributed by atoms with E-state index in [4.69, 9.17) is 9.72 Å². The second-order valence-corrected chi connectivity index (χ2v) is 11.2. The van der Waals surface area contributed by atoms with E-state index in [1.54, 1.807) is 4.90 Å². The van der Waals surface area contributed by atoms with Crippen LogP contribution in [-0.4, -0.2) is 88.8 Å². The van der Waals surface area contributed by atoms with Crippen molar-refractivity contribution in [3.8, 4) is 0 Å². The van der Waals surface area contributed by atoms with Gasteiger partial charge in [-0.25, -0.2) is 19.7 Å². The molecule has 1 aromatic carbocycles. The van der Waals surface area contributed by atoms with E-state index in [1.807, 2.05) is 40.1 Å². The molecule has 15 heteroatoms. The number of piperidine rings is 1. The second kappa shape index (κ2) is 14.1. The predicted octanol–water partition coefficient (Wildman–Crippen LogP) is 3.25. The van der Waals surface area contributed by atoms with E-state index in [2.05, 4.69) is 27.2 Å². The predicted molar refractivity (Wildman–Crippen MR) is 159 cm³/mol. The number of halogens is 3. The van der Waals surface area contributed by atoms with Crippen LogP contribution in [0.15, 0.2) is 48.7 Å². The van der Waals surface area contributed by atoms with Gasteiger partial charge in [0.15, 0.2) is 6.04 Å². The number of ether oxygens (including phenoxy) is 1. The average Bonchev–Trinajstić information content (AvgIpc) is 3.04. The quantitative estimate of drug-likeness (QED) is 0.342. The van der Waals surface area contributed by atoms with Crippen molar-refractivity contribution < 1.29 is 32.6 Å². The number of amides is 1. The first-order valence-corrected chi connectivity index (χ1v) is 14.8. The van der Waals surface area contributed by atoms with Crippen LogP contribution in [0.2, 0.25) is 0 Å². The minimum atomic E-state index is -4.58. The zero-order valence-corrected chi connectivity index (χ0v) is 24.8. The molecular formula is C30H35F3N8O4. The zero-order valence-electron chi connectivity index (χ0n) is 24.8. The monoisotopic (exact) mass is 628 g/mol. The van der Waals surface area contributed by atoms with Gasteiger partial charge in [0.25, 0.3) is 5.91 Å². The van der Waals surface area contributed by atoms with Crippen LogP contribution in [0, 0.1) is 5.92 Å². The third-order valence-electron chi connectivity index (χ3n) is 7.82. The molecule has 0 saturated carbocycles. The summed E-state index contributed by atoms with van der Waals surface area (Å²) in [6.07, 6.45) is -1.61. The number of hydrogen-bond donors (Lipinski definition) is 2. The number of aliphatic carboxylic acids is 1. The number of carbonyl (C=O) groups is 2. The number of rotatable bonds is 10. The van der Waals surface area contributed by atoms with E-state index in [0.29, 0.717) is 57.0 Å². The summed E-state index contributed by atoms with van der Waals surface area (Å²) in [5.74, 6) is -0.572. The molecule has 0 bridgehead atoms. The van der Waals surface area contributed by atoms with Crippen molar-refractivity contribution in [1.82, 2.24) is 25.3 Å². The molecule has 5 rings (SSSR count). The normalized spacial score (nSPS) is 16.8. The molecule has 2 aliphatic heterocycles. The summed E-state index contributed by atoms with van der Waals surface area (Å²) in [6, 6.07) is 10.3. The summed E-state index contributed by atoms with van der Waals surface area (Å²) >= 11 is 0. The SMILES string of the molecule is CC1CCN(c2nc(C(=O)N[C@@H](COCc3ccccc3)C(=O)O)cc(N3CCN(c4nccc(C(F)(F)F)n4)CC3)n2)CC1. The molecule has 2 saturated heterocycles. The lowest BCUT2D eigenvalue weighted by Gasteiger charge is -2.36. The Morgan fingerprint density at radius 2 is 1.62 bits per heavy atom. The van der Waals surface area contributed by atoms with Gasteiger partial charge in [0.2, 0.25) is 11.9 Å². The van der Waals surface area contributed by atoms with Gasteiger partial charge in [-0.15, -0.1) is 0 Å². The van der Waals surface area contributed by atoms with Crippen molar-refractivity contribution in [2.24, 2.45) is 5.92 Å². The number of carbonyl (C=O) groups excluding carboxylic acids is 1. The number of alkyl halides is 3. The molecule has 0 aliphatic carbocycles. The smallest absolute Gasteiger partial charge is 0.433 e. The maximum Gasteiger partial charge on any atom is 0.433 e. The van der Waals surface area contributed by atoms with Crippen LogP contribution in [-0.2, 0) is 22.3 Å². The highest BCUT2D eigenvalue weighted by molar-refractivity contribution is 5.96. The number of piperazine rings is 1. The van der Waals surface area contributed by atoms with E-state index in [-0.39, 0.29) is 24.9 Å². The third-order valence-corrected chi connectivity index (χ3v) is 7.82. The summed E-state index contributed by atoms with van der Waals surface area (Å²) in [5, 5.41) is 12.3. The van der Waals surface area contributed by atoms with Crippen LogP contribution in [0.25, 0.3) is 0 Å². The molecule has 0 unspecified atom stereocenters. The first kappa shape index (κ1) is 31.9. The Balaban J connectivity index is 1.31. The standard InChI is InChI=1S/C30H35F3N8O4/c1-20-8-11-40(12-9-20)29-36-22(26(42)35-23(27(43)44)19-45-18-21-5-3-2-4-6-21)17-25(38-29)39-13-15-41(16-14-39)28-34-10-7-24(37-28)30(31,32)33/h2-7,10,17,20,23H,8-9,11-16,18-19H2,1H3,(H,35,42)(H,43,44)/t23-/m0/s1. The van der Waals surface area contributed by atoms with Crippen molar-refractivity contribution in [2.45, 2.75) is 38.6 Å². The van der Waals surface area contributed by atoms with E-state index in [0.717, 1.165) is 30.7 Å². The van der Waals surface area contributed by atoms with Crippen molar-refractivity contribution in [3.63, 3.8) is 0 Å². The summed E-state index contributed by atoms with van der Waals surface area (Å²) in [6.45, 7) is 4.92. The van der Waals surface area contributed by atoms with E-state index >= 15 is 0 Å². The molecule has 1 atom stereocenters. The van der Waals surface area contributed by atoms with Crippen LogP contribution >= 0.6 is 0 Å². The van der Waals surface area contributed by atoms with E-state index < -0.39 is 29.8 Å². The van der Waals surface area contributed by atoms with Crippen LogP contribution in [0.3, 0.4) is 0 Å². The van der Waals surface area contributed by atoms with Crippen LogP contribution in [0.1, 0.15) is 41.5 Å². The van der Waals surface area contributed by atoms with Crippen LogP contribution in [0.5, 0.6) is 0 Å². The molecule has 240 valence electrons. The van der Waals surface area contributed by atoms with Crippen LogP contribution in [0.4, 0.5) is 30.9 Å². The largest absolute Gasteiger partial charge is 0.480 e. The van der Waals surface area contributed by atoms with Gasteiger partial charge in [-0.3, -0.25) is 4.79 Å². The molecule has 3 aromatic rings. The van der Waals surface area contributed by atoms with Gasteiger partial charge in [0.05, 0.1) is 13.2 Å². The molecule has 4 heterocycles. The molecule has 2 fully saturated rings. The average molecular weight is 629 g/mol. The molecular weight excluding hydrogens is 593 g/mol. The van der Waals surface area contributed by atoms with Crippen molar-refractivity contribution in [3.05, 3.63) is 65.6 Å². The third kappa shape index (κ3) is 8.35. The minimum absolute atomic E-state index is 0.00609. The summed E-state index contributed by atoms with van der Waals surface area (Å²) in [4.78, 5) is 47.9. The summed E-state index contributed by atoms with van der Waals surface area (Å²) < 4.78 is 45.1. The Morgan fingerprint density at radius 3 is 2.29 bits per heavy atom. The Bertz CT molecular complexity index is 1460. The van der Waals surface area contributed by atoms with E-state index in [9.17, 15) is 27.9 Å². The highest BCUT2D eigenvalue weighted by Crippen LogP contribution is 2.29. The Labute approximate surface area is 258 Å². The highest BCUT2D eigenvalue weighted by Gasteiger charge is 2.34. The highest BCUT2D eigenvalue weighted by atomic mass is 19.4. The Hall–Kier alpha value is -4.53. The second-order valence-electron chi connectivity index (χ2n) is 11.2. The van der Waals surface area contributed by atoms with Crippen LogP contribution < -0.4 is 20.0 Å². The summed E-state index contributed by atoms with van der Waals surface area (Å²) in [7, 11) is 0. The molecule has 2 N–H and O–H groups in total. The summed E-state index contributed by atoms with van der Waals surface area (Å²) in [5.41, 5.74) is -0.132. The molecule has 0 spiro atoms. The van der Waals surface area contributed by atoms with Gasteiger partial charge < -0.3 is 29.9 Å². The minimum Gasteiger partial charge on any atom is -0.480 e.